The Morgan fingerprint density at radius 2 is 1.55 bits per heavy atom. The quantitative estimate of drug-likeness (QED) is 0.876. The van der Waals surface area contributed by atoms with Crippen LogP contribution in [0.25, 0.3) is 0 Å². The minimum Gasteiger partial charge on any atom is -0.493 e. The van der Waals surface area contributed by atoms with Gasteiger partial charge in [-0.25, -0.2) is 0 Å². The molecule has 0 aromatic heterocycles. The molecular formula is C14H23NO5. The van der Waals surface area contributed by atoms with Crippen LogP contribution < -0.4 is 19.9 Å². The monoisotopic (exact) mass is 285 g/mol. The van der Waals surface area contributed by atoms with Crippen LogP contribution >= 0.6 is 0 Å². The van der Waals surface area contributed by atoms with E-state index in [1.807, 2.05) is 12.1 Å². The van der Waals surface area contributed by atoms with Crippen LogP contribution in [0.5, 0.6) is 17.2 Å². The normalized spacial score (nSPS) is 13.4. The highest BCUT2D eigenvalue weighted by Gasteiger charge is 2.12. The van der Waals surface area contributed by atoms with E-state index in [0.29, 0.717) is 30.6 Å². The Balaban J connectivity index is 0.000000333. The summed E-state index contributed by atoms with van der Waals surface area (Å²) in [5.74, 6) is 1.95. The van der Waals surface area contributed by atoms with Gasteiger partial charge in [0.05, 0.1) is 34.5 Å². The van der Waals surface area contributed by atoms with Crippen LogP contribution in [0.2, 0.25) is 0 Å². The molecule has 0 unspecified atom stereocenters. The second-order valence-electron chi connectivity index (χ2n) is 4.01. The fourth-order valence-corrected chi connectivity index (χ4v) is 1.74. The Hall–Kier alpha value is -1.50. The summed E-state index contributed by atoms with van der Waals surface area (Å²) in [4.78, 5) is 0. The van der Waals surface area contributed by atoms with Crippen molar-refractivity contribution in [2.24, 2.45) is 5.73 Å². The maximum absolute atomic E-state index is 5.50. The third-order valence-corrected chi connectivity index (χ3v) is 2.70. The van der Waals surface area contributed by atoms with Crippen molar-refractivity contribution in [1.29, 1.82) is 0 Å². The van der Waals surface area contributed by atoms with Crippen molar-refractivity contribution in [2.75, 3.05) is 47.9 Å². The molecule has 2 rings (SSSR count). The van der Waals surface area contributed by atoms with E-state index < -0.39 is 0 Å². The average molecular weight is 285 g/mol. The molecule has 6 nitrogen and oxygen atoms in total. The van der Waals surface area contributed by atoms with Crippen LogP contribution in [0, 0.1) is 0 Å². The molecule has 1 aromatic rings. The summed E-state index contributed by atoms with van der Waals surface area (Å²) < 4.78 is 25.1. The zero-order valence-electron chi connectivity index (χ0n) is 12.3. The van der Waals surface area contributed by atoms with Crippen LogP contribution in [-0.2, 0) is 15.9 Å². The lowest BCUT2D eigenvalue weighted by Gasteiger charge is -2.13. The highest BCUT2D eigenvalue weighted by molar-refractivity contribution is 5.53. The second-order valence-corrected chi connectivity index (χ2v) is 4.01. The van der Waals surface area contributed by atoms with Gasteiger partial charge in [0.1, 0.15) is 6.79 Å². The molecule has 1 fully saturated rings. The number of hydrogen-bond acceptors (Lipinski definition) is 6. The van der Waals surface area contributed by atoms with Crippen molar-refractivity contribution in [3.63, 3.8) is 0 Å². The van der Waals surface area contributed by atoms with Crippen LogP contribution in [0.4, 0.5) is 0 Å². The van der Waals surface area contributed by atoms with Crippen LogP contribution in [0.1, 0.15) is 5.56 Å². The predicted octanol–water partition coefficient (Wildman–Crippen LogP) is 1.20. The molecule has 1 aliphatic heterocycles. The lowest BCUT2D eigenvalue weighted by molar-refractivity contribution is 0.0692. The average Bonchev–Trinajstić information content (AvgIpc) is 3.06. The van der Waals surface area contributed by atoms with Gasteiger partial charge in [-0.15, -0.1) is 0 Å². The van der Waals surface area contributed by atoms with Crippen LogP contribution in [0.15, 0.2) is 12.1 Å². The summed E-state index contributed by atoms with van der Waals surface area (Å²) in [6.45, 7) is 2.65. The Morgan fingerprint density at radius 1 is 1.00 bits per heavy atom. The molecule has 0 saturated carbocycles. The third kappa shape index (κ3) is 4.88. The van der Waals surface area contributed by atoms with Gasteiger partial charge in [-0.05, 0) is 30.7 Å². The maximum Gasteiger partial charge on any atom is 0.203 e. The molecule has 0 atom stereocenters. The smallest absolute Gasteiger partial charge is 0.203 e. The summed E-state index contributed by atoms with van der Waals surface area (Å²) >= 11 is 0. The van der Waals surface area contributed by atoms with Gasteiger partial charge >= 0.3 is 0 Å². The van der Waals surface area contributed by atoms with Crippen molar-refractivity contribution < 1.29 is 23.7 Å². The first-order valence-corrected chi connectivity index (χ1v) is 6.41. The number of rotatable bonds is 5. The van der Waals surface area contributed by atoms with Crippen molar-refractivity contribution in [2.45, 2.75) is 6.42 Å². The second kappa shape index (κ2) is 9.41. The van der Waals surface area contributed by atoms with Crippen molar-refractivity contribution in [3.8, 4) is 17.2 Å². The minimum absolute atomic E-state index is 0.500. The van der Waals surface area contributed by atoms with E-state index in [4.69, 9.17) is 29.4 Å². The molecule has 1 aliphatic rings. The van der Waals surface area contributed by atoms with Crippen LogP contribution in [-0.4, -0.2) is 47.9 Å². The number of methoxy groups -OCH3 is 3. The Morgan fingerprint density at radius 3 is 1.85 bits per heavy atom. The van der Waals surface area contributed by atoms with Crippen molar-refractivity contribution in [3.05, 3.63) is 17.7 Å². The number of hydrogen-bond donors (Lipinski definition) is 1. The summed E-state index contributed by atoms with van der Waals surface area (Å²) in [5.41, 5.74) is 6.58. The molecule has 1 aromatic carbocycles. The van der Waals surface area contributed by atoms with Gasteiger partial charge in [0, 0.05) is 0 Å². The molecule has 114 valence electrons. The van der Waals surface area contributed by atoms with E-state index in [0.717, 1.165) is 25.2 Å². The Kier molecular flexibility index (Phi) is 7.79. The largest absolute Gasteiger partial charge is 0.493 e. The van der Waals surface area contributed by atoms with E-state index in [1.54, 1.807) is 21.3 Å². The molecule has 1 heterocycles. The number of nitrogens with two attached hydrogens (primary N) is 1. The lowest BCUT2D eigenvalue weighted by atomic mass is 10.1. The van der Waals surface area contributed by atoms with Gasteiger partial charge in [-0.3, -0.25) is 0 Å². The SMILES string of the molecule is C1COCO1.COc1cc(CCN)cc(OC)c1OC. The zero-order chi connectivity index (χ0) is 14.8. The highest BCUT2D eigenvalue weighted by atomic mass is 16.7. The summed E-state index contributed by atoms with van der Waals surface area (Å²) in [6.07, 6.45) is 0.788. The van der Waals surface area contributed by atoms with Crippen molar-refractivity contribution >= 4 is 0 Å². The maximum atomic E-state index is 5.50. The van der Waals surface area contributed by atoms with Gasteiger partial charge in [-0.1, -0.05) is 0 Å². The number of benzene rings is 1. The molecule has 0 radical (unpaired) electrons. The van der Waals surface area contributed by atoms with E-state index in [1.165, 1.54) is 0 Å². The van der Waals surface area contributed by atoms with Crippen molar-refractivity contribution in [1.82, 2.24) is 0 Å². The fraction of sp³-hybridized carbons (Fsp3) is 0.571. The molecule has 0 aliphatic carbocycles. The number of ether oxygens (including phenoxy) is 5. The summed E-state index contributed by atoms with van der Waals surface area (Å²) in [6, 6.07) is 3.82. The zero-order valence-corrected chi connectivity index (χ0v) is 12.3. The summed E-state index contributed by atoms with van der Waals surface area (Å²) in [5, 5.41) is 0. The van der Waals surface area contributed by atoms with Gasteiger partial charge in [-0.2, -0.15) is 0 Å². The highest BCUT2D eigenvalue weighted by Crippen LogP contribution is 2.38. The molecule has 1 saturated heterocycles. The first kappa shape index (κ1) is 16.6. The standard InChI is InChI=1S/C11H17NO3.C3H6O2/c1-13-9-6-8(4-5-12)7-10(14-2)11(9)15-3;1-2-5-3-4-1/h6-7H,4-5,12H2,1-3H3;1-3H2. The molecule has 20 heavy (non-hydrogen) atoms. The molecule has 0 bridgehead atoms. The Labute approximate surface area is 119 Å². The Bertz CT molecular complexity index is 361. The first-order chi connectivity index (χ1) is 9.76. The molecular weight excluding hydrogens is 262 g/mol. The predicted molar refractivity (Wildman–Crippen MR) is 75.6 cm³/mol. The lowest BCUT2D eigenvalue weighted by Crippen LogP contribution is -2.04. The molecule has 2 N–H and O–H groups in total. The van der Waals surface area contributed by atoms with E-state index >= 15 is 0 Å². The molecule has 0 amide bonds. The minimum atomic E-state index is 0.500. The fourth-order valence-electron chi connectivity index (χ4n) is 1.74. The van der Waals surface area contributed by atoms with Gasteiger partial charge in [0.25, 0.3) is 0 Å². The van der Waals surface area contributed by atoms with Gasteiger partial charge in [0.15, 0.2) is 11.5 Å². The summed E-state index contributed by atoms with van der Waals surface area (Å²) in [7, 11) is 4.79. The topological polar surface area (TPSA) is 72.2 Å². The van der Waals surface area contributed by atoms with E-state index in [-0.39, 0.29) is 0 Å². The molecule has 0 spiro atoms. The van der Waals surface area contributed by atoms with E-state index in [2.05, 4.69) is 0 Å². The van der Waals surface area contributed by atoms with Crippen LogP contribution in [0.3, 0.4) is 0 Å². The molecule has 6 heteroatoms. The third-order valence-electron chi connectivity index (χ3n) is 2.70. The van der Waals surface area contributed by atoms with E-state index in [9.17, 15) is 0 Å². The van der Waals surface area contributed by atoms with Gasteiger partial charge < -0.3 is 29.4 Å². The van der Waals surface area contributed by atoms with Gasteiger partial charge in [0.2, 0.25) is 5.75 Å². The first-order valence-electron chi connectivity index (χ1n) is 6.41.